The number of carbonyl (C=O) groups is 1. The van der Waals surface area contributed by atoms with E-state index < -0.39 is 0 Å². The molecule has 0 N–H and O–H groups in total. The van der Waals surface area contributed by atoms with Crippen molar-refractivity contribution in [3.63, 3.8) is 0 Å². The van der Waals surface area contributed by atoms with Crippen molar-refractivity contribution in [1.29, 1.82) is 0 Å². The van der Waals surface area contributed by atoms with Gasteiger partial charge in [0.2, 0.25) is 0 Å². The van der Waals surface area contributed by atoms with Crippen molar-refractivity contribution in [2.75, 3.05) is 33.9 Å². The summed E-state index contributed by atoms with van der Waals surface area (Å²) in [5.74, 6) is 1.54. The summed E-state index contributed by atoms with van der Waals surface area (Å²) >= 11 is 1.67. The van der Waals surface area contributed by atoms with Gasteiger partial charge in [-0.15, -0.1) is 11.3 Å². The first-order chi connectivity index (χ1) is 14.2. The van der Waals surface area contributed by atoms with Crippen molar-refractivity contribution in [3.8, 4) is 11.5 Å². The summed E-state index contributed by atoms with van der Waals surface area (Å²) < 4.78 is 10.9. The van der Waals surface area contributed by atoms with Gasteiger partial charge in [0.25, 0.3) is 5.91 Å². The highest BCUT2D eigenvalue weighted by atomic mass is 32.1. The molecule has 0 unspecified atom stereocenters. The lowest BCUT2D eigenvalue weighted by molar-refractivity contribution is -0.134. The van der Waals surface area contributed by atoms with E-state index in [0.717, 1.165) is 53.6 Å². The average Bonchev–Trinajstić information content (AvgIpc) is 3.43. The molecule has 0 spiro atoms. The third-order valence-electron chi connectivity index (χ3n) is 5.56. The lowest BCUT2D eigenvalue weighted by Crippen LogP contribution is -2.40. The number of hydrazone groups is 1. The molecule has 0 saturated carbocycles. The molecule has 0 bridgehead atoms. The smallest absolute Gasteiger partial charge is 0.257 e. The van der Waals surface area contributed by atoms with Crippen LogP contribution in [0, 0.1) is 0 Å². The molecule has 2 aliphatic heterocycles. The minimum atomic E-state index is -0.0711. The fraction of sp³-hybridized carbons (Fsp3) is 0.455. The van der Waals surface area contributed by atoms with Crippen LogP contribution in [0.5, 0.6) is 11.5 Å². The SMILES string of the molecule is COc1ccc(OC)c(C2=NN(C(=O)CN3CCCCC3)[C@H](c3cccs3)C2)c1. The first-order valence-corrected chi connectivity index (χ1v) is 10.9. The minimum absolute atomic E-state index is 0.0576. The normalized spacial score (nSPS) is 19.9. The Morgan fingerprint density at radius 2 is 2.00 bits per heavy atom. The molecular formula is C22H27N3O3S. The largest absolute Gasteiger partial charge is 0.497 e. The zero-order valence-electron chi connectivity index (χ0n) is 17.0. The van der Waals surface area contributed by atoms with E-state index >= 15 is 0 Å². The second-order valence-corrected chi connectivity index (χ2v) is 8.40. The number of carbonyl (C=O) groups excluding carboxylic acids is 1. The van der Waals surface area contributed by atoms with Gasteiger partial charge in [0.1, 0.15) is 11.5 Å². The summed E-state index contributed by atoms with van der Waals surface area (Å²) in [5.41, 5.74) is 1.73. The molecular weight excluding hydrogens is 386 g/mol. The van der Waals surface area contributed by atoms with Crippen LogP contribution in [0.25, 0.3) is 0 Å². The van der Waals surface area contributed by atoms with Gasteiger partial charge in [0, 0.05) is 16.9 Å². The van der Waals surface area contributed by atoms with Crippen LogP contribution in [-0.4, -0.2) is 55.4 Å². The molecule has 3 heterocycles. The van der Waals surface area contributed by atoms with Crippen LogP contribution in [-0.2, 0) is 4.79 Å². The summed E-state index contributed by atoms with van der Waals surface area (Å²) in [7, 11) is 3.29. The number of hydrogen-bond acceptors (Lipinski definition) is 6. The third-order valence-corrected chi connectivity index (χ3v) is 6.54. The van der Waals surface area contributed by atoms with Gasteiger partial charge >= 0.3 is 0 Å². The Balaban J connectivity index is 1.63. The van der Waals surface area contributed by atoms with Crippen molar-refractivity contribution >= 4 is 23.0 Å². The summed E-state index contributed by atoms with van der Waals surface area (Å²) in [5, 5.41) is 8.53. The van der Waals surface area contributed by atoms with Crippen molar-refractivity contribution in [2.24, 2.45) is 5.10 Å². The molecule has 1 aromatic carbocycles. The number of rotatable bonds is 6. The Labute approximate surface area is 175 Å². The Morgan fingerprint density at radius 1 is 1.17 bits per heavy atom. The van der Waals surface area contributed by atoms with E-state index in [1.165, 1.54) is 6.42 Å². The number of piperidine rings is 1. The van der Waals surface area contributed by atoms with Crippen LogP contribution in [0.3, 0.4) is 0 Å². The average molecular weight is 414 g/mol. The van der Waals surface area contributed by atoms with E-state index in [0.29, 0.717) is 13.0 Å². The summed E-state index contributed by atoms with van der Waals surface area (Å²) in [6.07, 6.45) is 4.24. The molecule has 1 amide bonds. The topological polar surface area (TPSA) is 54.4 Å². The lowest BCUT2D eigenvalue weighted by Gasteiger charge is -2.28. The predicted octanol–water partition coefficient (Wildman–Crippen LogP) is 3.93. The first-order valence-electron chi connectivity index (χ1n) is 10.1. The van der Waals surface area contributed by atoms with Crippen molar-refractivity contribution < 1.29 is 14.3 Å². The fourth-order valence-corrected chi connectivity index (χ4v) is 4.84. The number of nitrogens with zero attached hydrogens (tertiary/aromatic N) is 3. The summed E-state index contributed by atoms with van der Waals surface area (Å²) in [6, 6.07) is 9.72. The van der Waals surface area contributed by atoms with Crippen molar-refractivity contribution in [3.05, 3.63) is 46.2 Å². The Morgan fingerprint density at radius 3 is 2.69 bits per heavy atom. The first kappa shape index (κ1) is 19.9. The summed E-state index contributed by atoms with van der Waals surface area (Å²) in [4.78, 5) is 16.6. The molecule has 1 fully saturated rings. The van der Waals surface area contributed by atoms with E-state index in [4.69, 9.17) is 14.6 Å². The highest BCUT2D eigenvalue weighted by molar-refractivity contribution is 7.10. The quantitative estimate of drug-likeness (QED) is 0.720. The monoisotopic (exact) mass is 413 g/mol. The molecule has 2 aromatic rings. The van der Waals surface area contributed by atoms with Gasteiger partial charge in [-0.2, -0.15) is 5.10 Å². The third kappa shape index (κ3) is 4.31. The number of likely N-dealkylation sites (tertiary alicyclic amines) is 1. The van der Waals surface area contributed by atoms with Crippen molar-refractivity contribution in [1.82, 2.24) is 9.91 Å². The number of hydrogen-bond donors (Lipinski definition) is 0. The molecule has 0 radical (unpaired) electrons. The van der Waals surface area contributed by atoms with Gasteiger partial charge in [-0.3, -0.25) is 9.69 Å². The van der Waals surface area contributed by atoms with E-state index in [1.54, 1.807) is 30.6 Å². The second kappa shape index (κ2) is 8.97. The van der Waals surface area contributed by atoms with Crippen LogP contribution in [0.1, 0.15) is 42.2 Å². The zero-order chi connectivity index (χ0) is 20.2. The molecule has 2 aliphatic rings. The Kier molecular flexibility index (Phi) is 6.16. The maximum Gasteiger partial charge on any atom is 0.257 e. The van der Waals surface area contributed by atoms with Gasteiger partial charge in [-0.25, -0.2) is 5.01 Å². The maximum absolute atomic E-state index is 13.2. The van der Waals surface area contributed by atoms with E-state index in [2.05, 4.69) is 11.0 Å². The number of amides is 1. The van der Waals surface area contributed by atoms with E-state index in [9.17, 15) is 4.79 Å². The molecule has 7 heteroatoms. The molecule has 1 atom stereocenters. The molecule has 4 rings (SSSR count). The number of thiophene rings is 1. The van der Waals surface area contributed by atoms with Gasteiger partial charge < -0.3 is 9.47 Å². The molecule has 1 saturated heterocycles. The number of methoxy groups -OCH3 is 2. The van der Waals surface area contributed by atoms with Crippen molar-refractivity contribution in [2.45, 2.75) is 31.7 Å². The maximum atomic E-state index is 13.2. The van der Waals surface area contributed by atoms with Crippen LogP contribution >= 0.6 is 11.3 Å². The zero-order valence-corrected chi connectivity index (χ0v) is 17.8. The Hall–Kier alpha value is -2.38. The van der Waals surface area contributed by atoms with Gasteiger partial charge in [0.05, 0.1) is 32.5 Å². The van der Waals surface area contributed by atoms with Gasteiger partial charge in [-0.05, 0) is 55.6 Å². The van der Waals surface area contributed by atoms with Crippen LogP contribution in [0.4, 0.5) is 0 Å². The lowest BCUT2D eigenvalue weighted by atomic mass is 10.0. The Bertz CT molecular complexity index is 875. The molecule has 154 valence electrons. The predicted molar refractivity (Wildman–Crippen MR) is 115 cm³/mol. The molecule has 0 aliphatic carbocycles. The fourth-order valence-electron chi connectivity index (χ4n) is 4.03. The molecule has 1 aromatic heterocycles. The number of ether oxygens (including phenoxy) is 2. The van der Waals surface area contributed by atoms with Crippen LogP contribution < -0.4 is 9.47 Å². The minimum Gasteiger partial charge on any atom is -0.497 e. The highest BCUT2D eigenvalue weighted by Crippen LogP contribution is 2.37. The van der Waals surface area contributed by atoms with Crippen LogP contribution in [0.15, 0.2) is 40.8 Å². The second-order valence-electron chi connectivity index (χ2n) is 7.42. The highest BCUT2D eigenvalue weighted by Gasteiger charge is 2.35. The van der Waals surface area contributed by atoms with Gasteiger partial charge in [0.15, 0.2) is 0 Å². The number of benzene rings is 1. The van der Waals surface area contributed by atoms with Crippen LogP contribution in [0.2, 0.25) is 0 Å². The van der Waals surface area contributed by atoms with Gasteiger partial charge in [-0.1, -0.05) is 12.5 Å². The van der Waals surface area contributed by atoms with E-state index in [-0.39, 0.29) is 11.9 Å². The molecule has 6 nitrogen and oxygen atoms in total. The standard InChI is InChI=1S/C22H27N3O3S/c1-27-16-8-9-20(28-2)17(13-16)18-14-19(21-7-6-12-29-21)25(23-18)22(26)15-24-10-4-3-5-11-24/h6-9,12-13,19H,3-5,10-11,14-15H2,1-2H3/t19-/m0/s1. The summed E-state index contributed by atoms with van der Waals surface area (Å²) in [6.45, 7) is 2.40. The van der Waals surface area contributed by atoms with E-state index in [1.807, 2.05) is 29.6 Å². The molecule has 29 heavy (non-hydrogen) atoms.